The minimum absolute atomic E-state index is 0.00337. The highest BCUT2D eigenvalue weighted by atomic mass is 35.5. The fraction of sp³-hybridized carbons (Fsp3) is 0.417. The first-order chi connectivity index (χ1) is 8.13. The van der Waals surface area contributed by atoms with Crippen molar-refractivity contribution in [2.75, 3.05) is 24.7 Å². The van der Waals surface area contributed by atoms with Crippen LogP contribution in [0.5, 0.6) is 0 Å². The first-order valence-electron chi connectivity index (χ1n) is 5.43. The van der Waals surface area contributed by atoms with Crippen molar-refractivity contribution in [1.82, 2.24) is 0 Å². The SMILES string of the molecule is Cc1c(Cl)cccc1N1CC(CO)COC1=O. The van der Waals surface area contributed by atoms with E-state index in [1.165, 1.54) is 4.90 Å². The van der Waals surface area contributed by atoms with Crippen LogP contribution in [0.3, 0.4) is 0 Å². The van der Waals surface area contributed by atoms with Crippen LogP contribution in [0.1, 0.15) is 5.56 Å². The standard InChI is InChI=1S/C12H14ClNO3/c1-8-10(13)3-2-4-11(8)14-5-9(6-15)7-17-12(14)16/h2-4,9,15H,5-7H2,1H3. The van der Waals surface area contributed by atoms with Crippen molar-refractivity contribution in [2.45, 2.75) is 6.92 Å². The predicted molar refractivity (Wildman–Crippen MR) is 65.5 cm³/mol. The van der Waals surface area contributed by atoms with E-state index in [-0.39, 0.29) is 25.2 Å². The van der Waals surface area contributed by atoms with Gasteiger partial charge >= 0.3 is 6.09 Å². The summed E-state index contributed by atoms with van der Waals surface area (Å²) in [6.45, 7) is 2.58. The summed E-state index contributed by atoms with van der Waals surface area (Å²) in [6, 6.07) is 5.39. The summed E-state index contributed by atoms with van der Waals surface area (Å²) in [4.78, 5) is 13.2. The van der Waals surface area contributed by atoms with Crippen LogP contribution < -0.4 is 4.90 Å². The third-order valence-electron chi connectivity index (χ3n) is 2.89. The second-order valence-electron chi connectivity index (χ2n) is 4.12. The number of aliphatic hydroxyl groups excluding tert-OH is 1. The molecule has 1 saturated heterocycles. The molecule has 0 aliphatic carbocycles. The normalized spacial score (nSPS) is 20.3. The summed E-state index contributed by atoms with van der Waals surface area (Å²) < 4.78 is 5.03. The highest BCUT2D eigenvalue weighted by Crippen LogP contribution is 2.29. The van der Waals surface area contributed by atoms with Crippen molar-refractivity contribution >= 4 is 23.4 Å². The van der Waals surface area contributed by atoms with Gasteiger partial charge < -0.3 is 9.84 Å². The molecule has 1 amide bonds. The van der Waals surface area contributed by atoms with Gasteiger partial charge in [-0.3, -0.25) is 4.90 Å². The second-order valence-corrected chi connectivity index (χ2v) is 4.53. The Hall–Kier alpha value is -1.26. The molecule has 0 bridgehead atoms. The lowest BCUT2D eigenvalue weighted by Gasteiger charge is -2.32. The number of hydrogen-bond donors (Lipinski definition) is 1. The maximum absolute atomic E-state index is 11.7. The number of cyclic esters (lactones) is 1. The topological polar surface area (TPSA) is 49.8 Å². The first kappa shape index (κ1) is 12.2. The Labute approximate surface area is 105 Å². The van der Waals surface area contributed by atoms with E-state index in [4.69, 9.17) is 21.4 Å². The van der Waals surface area contributed by atoms with E-state index in [1.54, 1.807) is 12.1 Å². The Kier molecular flexibility index (Phi) is 3.54. The molecule has 5 heteroatoms. The number of amides is 1. The van der Waals surface area contributed by atoms with Crippen molar-refractivity contribution in [1.29, 1.82) is 0 Å². The minimum atomic E-state index is -0.389. The van der Waals surface area contributed by atoms with E-state index in [1.807, 2.05) is 13.0 Å². The molecule has 1 atom stereocenters. The molecule has 1 heterocycles. The lowest BCUT2D eigenvalue weighted by Crippen LogP contribution is -2.44. The first-order valence-corrected chi connectivity index (χ1v) is 5.81. The molecular formula is C12H14ClNO3. The van der Waals surface area contributed by atoms with Gasteiger partial charge in [0.05, 0.1) is 18.9 Å². The Morgan fingerprint density at radius 3 is 3.06 bits per heavy atom. The second kappa shape index (κ2) is 4.94. The zero-order valence-corrected chi connectivity index (χ0v) is 10.3. The number of carbonyl (C=O) groups excluding carboxylic acids is 1. The molecule has 1 unspecified atom stereocenters. The van der Waals surface area contributed by atoms with E-state index in [9.17, 15) is 4.79 Å². The van der Waals surface area contributed by atoms with Gasteiger partial charge in [-0.1, -0.05) is 17.7 Å². The van der Waals surface area contributed by atoms with E-state index in [0.29, 0.717) is 11.6 Å². The Balaban J connectivity index is 2.31. The quantitative estimate of drug-likeness (QED) is 0.882. The van der Waals surface area contributed by atoms with Gasteiger partial charge in [-0.25, -0.2) is 4.79 Å². The number of aliphatic hydroxyl groups is 1. The molecule has 0 saturated carbocycles. The minimum Gasteiger partial charge on any atom is -0.449 e. The van der Waals surface area contributed by atoms with Gasteiger partial charge in [0.15, 0.2) is 0 Å². The lowest BCUT2D eigenvalue weighted by molar-refractivity contribution is 0.0899. The third-order valence-corrected chi connectivity index (χ3v) is 3.30. The predicted octanol–water partition coefficient (Wildman–Crippen LogP) is 2.21. The number of rotatable bonds is 2. The molecule has 4 nitrogen and oxygen atoms in total. The zero-order chi connectivity index (χ0) is 12.4. The van der Waals surface area contributed by atoms with Crippen molar-refractivity contribution in [2.24, 2.45) is 5.92 Å². The van der Waals surface area contributed by atoms with Crippen molar-refractivity contribution in [3.8, 4) is 0 Å². The number of halogens is 1. The smallest absolute Gasteiger partial charge is 0.414 e. The summed E-state index contributed by atoms with van der Waals surface area (Å²) in [5, 5.41) is 9.73. The molecule has 1 aliphatic rings. The van der Waals surface area contributed by atoms with Gasteiger partial charge in [0.2, 0.25) is 0 Å². The summed E-state index contributed by atoms with van der Waals surface area (Å²) >= 11 is 6.02. The van der Waals surface area contributed by atoms with Crippen LogP contribution in [-0.2, 0) is 4.74 Å². The molecule has 1 aromatic rings. The maximum Gasteiger partial charge on any atom is 0.414 e. The van der Waals surface area contributed by atoms with E-state index in [0.717, 1.165) is 11.3 Å². The van der Waals surface area contributed by atoms with Crippen LogP contribution in [0.4, 0.5) is 10.5 Å². The zero-order valence-electron chi connectivity index (χ0n) is 9.52. The summed E-state index contributed by atoms with van der Waals surface area (Å²) in [5.74, 6) is -0.0499. The number of anilines is 1. The number of hydrogen-bond acceptors (Lipinski definition) is 3. The van der Waals surface area contributed by atoms with Gasteiger partial charge in [-0.15, -0.1) is 0 Å². The maximum atomic E-state index is 11.7. The third kappa shape index (κ3) is 2.37. The molecule has 0 spiro atoms. The Morgan fingerprint density at radius 1 is 1.59 bits per heavy atom. The fourth-order valence-corrected chi connectivity index (χ4v) is 2.02. The number of nitrogens with zero attached hydrogens (tertiary/aromatic N) is 1. The van der Waals surface area contributed by atoms with E-state index in [2.05, 4.69) is 0 Å². The van der Waals surface area contributed by atoms with Gasteiger partial charge in [0.25, 0.3) is 0 Å². The molecule has 17 heavy (non-hydrogen) atoms. The van der Waals surface area contributed by atoms with Gasteiger partial charge in [-0.2, -0.15) is 0 Å². The summed E-state index contributed by atoms with van der Waals surface area (Å²) in [7, 11) is 0. The van der Waals surface area contributed by atoms with E-state index >= 15 is 0 Å². The monoisotopic (exact) mass is 255 g/mol. The molecule has 92 valence electrons. The number of carbonyl (C=O) groups is 1. The number of benzene rings is 1. The molecule has 1 N–H and O–H groups in total. The van der Waals surface area contributed by atoms with Gasteiger partial charge in [0.1, 0.15) is 0 Å². The van der Waals surface area contributed by atoms with Crippen LogP contribution in [0.2, 0.25) is 5.02 Å². The molecule has 1 fully saturated rings. The highest BCUT2D eigenvalue weighted by Gasteiger charge is 2.28. The van der Waals surface area contributed by atoms with Crippen LogP contribution in [0.15, 0.2) is 18.2 Å². The fourth-order valence-electron chi connectivity index (χ4n) is 1.85. The highest BCUT2D eigenvalue weighted by molar-refractivity contribution is 6.31. The lowest BCUT2D eigenvalue weighted by atomic mass is 10.1. The number of ether oxygens (including phenoxy) is 1. The molecule has 0 radical (unpaired) electrons. The van der Waals surface area contributed by atoms with Crippen LogP contribution in [-0.4, -0.2) is 31.0 Å². The molecule has 0 aromatic heterocycles. The molecule has 2 rings (SSSR count). The van der Waals surface area contributed by atoms with Crippen molar-refractivity contribution in [3.05, 3.63) is 28.8 Å². The van der Waals surface area contributed by atoms with Crippen molar-refractivity contribution < 1.29 is 14.6 Å². The molecule has 1 aromatic carbocycles. The summed E-state index contributed by atoms with van der Waals surface area (Å²) in [6.07, 6.45) is -0.389. The van der Waals surface area contributed by atoms with Crippen molar-refractivity contribution in [3.63, 3.8) is 0 Å². The van der Waals surface area contributed by atoms with Crippen LogP contribution >= 0.6 is 11.6 Å². The van der Waals surface area contributed by atoms with Gasteiger partial charge in [-0.05, 0) is 24.6 Å². The average Bonchev–Trinajstić information content (AvgIpc) is 2.34. The average molecular weight is 256 g/mol. The van der Waals surface area contributed by atoms with Gasteiger partial charge in [0, 0.05) is 17.5 Å². The van der Waals surface area contributed by atoms with E-state index < -0.39 is 0 Å². The van der Waals surface area contributed by atoms with Crippen LogP contribution in [0.25, 0.3) is 0 Å². The van der Waals surface area contributed by atoms with Crippen LogP contribution in [0, 0.1) is 12.8 Å². The Morgan fingerprint density at radius 2 is 2.35 bits per heavy atom. The largest absolute Gasteiger partial charge is 0.449 e. The molecule has 1 aliphatic heterocycles. The Bertz CT molecular complexity index is 436. The summed E-state index contributed by atoms with van der Waals surface area (Å²) in [5.41, 5.74) is 1.57. The molecular weight excluding hydrogens is 242 g/mol.